The molecule has 1 aliphatic heterocycles. The number of rotatable bonds is 3. The van der Waals surface area contributed by atoms with E-state index in [4.69, 9.17) is 32.7 Å². The topological polar surface area (TPSA) is 38.7 Å². The minimum Gasteiger partial charge on any atom is -0.454 e. The number of aliphatic hydroxyl groups excluding tert-OH is 1. The van der Waals surface area contributed by atoms with Gasteiger partial charge in [-0.1, -0.05) is 35.3 Å². The van der Waals surface area contributed by atoms with Crippen LogP contribution in [0.4, 0.5) is 0 Å². The van der Waals surface area contributed by atoms with Gasteiger partial charge in [0.2, 0.25) is 6.79 Å². The summed E-state index contributed by atoms with van der Waals surface area (Å²) in [7, 11) is 0. The summed E-state index contributed by atoms with van der Waals surface area (Å²) >= 11 is 11.9. The molecular formula is C15H12Cl2O3. The van der Waals surface area contributed by atoms with Gasteiger partial charge in [0, 0.05) is 11.4 Å². The van der Waals surface area contributed by atoms with Gasteiger partial charge in [-0.25, -0.2) is 0 Å². The van der Waals surface area contributed by atoms with Gasteiger partial charge in [-0.15, -0.1) is 0 Å². The van der Waals surface area contributed by atoms with Gasteiger partial charge < -0.3 is 14.6 Å². The Kier molecular flexibility index (Phi) is 3.74. The van der Waals surface area contributed by atoms with Gasteiger partial charge in [-0.05, 0) is 35.4 Å². The number of hydrogen-bond donors (Lipinski definition) is 1. The van der Waals surface area contributed by atoms with Crippen molar-refractivity contribution in [2.24, 2.45) is 0 Å². The summed E-state index contributed by atoms with van der Waals surface area (Å²) in [5, 5.41) is 11.4. The molecule has 1 heterocycles. The largest absolute Gasteiger partial charge is 0.454 e. The average Bonchev–Trinajstić information content (AvgIpc) is 2.90. The highest BCUT2D eigenvalue weighted by molar-refractivity contribution is 6.32. The van der Waals surface area contributed by atoms with Gasteiger partial charge in [-0.3, -0.25) is 0 Å². The second-order valence-electron chi connectivity index (χ2n) is 4.58. The Labute approximate surface area is 126 Å². The highest BCUT2D eigenvalue weighted by Gasteiger charge is 2.20. The van der Waals surface area contributed by atoms with Crippen LogP contribution < -0.4 is 9.47 Å². The van der Waals surface area contributed by atoms with Crippen molar-refractivity contribution in [1.29, 1.82) is 0 Å². The maximum absolute atomic E-state index is 10.3. The van der Waals surface area contributed by atoms with E-state index in [1.807, 2.05) is 12.1 Å². The molecule has 0 radical (unpaired) electrons. The zero-order chi connectivity index (χ0) is 14.1. The van der Waals surface area contributed by atoms with Crippen LogP contribution in [-0.4, -0.2) is 11.9 Å². The van der Waals surface area contributed by atoms with E-state index in [2.05, 4.69) is 0 Å². The third-order valence-electron chi connectivity index (χ3n) is 3.18. The van der Waals surface area contributed by atoms with Crippen molar-refractivity contribution < 1.29 is 14.6 Å². The molecule has 0 saturated heterocycles. The normalized spacial score (nSPS) is 14.3. The minimum atomic E-state index is -0.664. The first kappa shape index (κ1) is 13.6. The van der Waals surface area contributed by atoms with Crippen molar-refractivity contribution in [2.45, 2.75) is 12.5 Å². The molecule has 0 bridgehead atoms. The van der Waals surface area contributed by atoms with Crippen molar-refractivity contribution in [3.63, 3.8) is 0 Å². The van der Waals surface area contributed by atoms with Crippen molar-refractivity contribution in [1.82, 2.24) is 0 Å². The Bertz CT molecular complexity index is 626. The second kappa shape index (κ2) is 5.52. The molecule has 1 atom stereocenters. The van der Waals surface area contributed by atoms with Crippen LogP contribution in [-0.2, 0) is 6.42 Å². The third kappa shape index (κ3) is 2.70. The maximum Gasteiger partial charge on any atom is 0.231 e. The SMILES string of the molecule is OC(Cc1ccc(Cl)cc1)c1cc(Cl)c2c(c1)OCO2. The van der Waals surface area contributed by atoms with Crippen LogP contribution in [0.3, 0.4) is 0 Å². The molecule has 1 unspecified atom stereocenters. The molecule has 0 spiro atoms. The van der Waals surface area contributed by atoms with Crippen LogP contribution >= 0.6 is 23.2 Å². The molecule has 3 rings (SSSR count). The molecule has 0 aromatic heterocycles. The zero-order valence-corrected chi connectivity index (χ0v) is 12.0. The number of ether oxygens (including phenoxy) is 2. The standard InChI is InChI=1S/C15H12Cl2O3/c16-11-3-1-9(2-4-11)5-13(18)10-6-12(17)15-14(7-10)19-8-20-15/h1-4,6-7,13,18H,5,8H2. The molecule has 2 aromatic carbocycles. The van der Waals surface area contributed by atoms with Crippen molar-refractivity contribution >= 4 is 23.2 Å². The Morgan fingerprint density at radius 3 is 2.60 bits per heavy atom. The highest BCUT2D eigenvalue weighted by atomic mass is 35.5. The smallest absolute Gasteiger partial charge is 0.231 e. The maximum atomic E-state index is 10.3. The second-order valence-corrected chi connectivity index (χ2v) is 5.43. The molecule has 104 valence electrons. The fourth-order valence-corrected chi connectivity index (χ4v) is 2.54. The summed E-state index contributed by atoms with van der Waals surface area (Å²) in [6.45, 7) is 0.159. The van der Waals surface area contributed by atoms with Crippen molar-refractivity contribution in [3.8, 4) is 11.5 Å². The van der Waals surface area contributed by atoms with Gasteiger partial charge in [-0.2, -0.15) is 0 Å². The molecule has 0 saturated carbocycles. The first-order chi connectivity index (χ1) is 9.63. The average molecular weight is 311 g/mol. The monoisotopic (exact) mass is 310 g/mol. The van der Waals surface area contributed by atoms with Crippen LogP contribution in [0.5, 0.6) is 11.5 Å². The molecule has 1 N–H and O–H groups in total. The van der Waals surface area contributed by atoms with Gasteiger partial charge in [0.05, 0.1) is 11.1 Å². The predicted octanol–water partition coefficient (Wildman–Crippen LogP) is 4.00. The summed E-state index contributed by atoms with van der Waals surface area (Å²) in [6.07, 6.45) is -0.184. The van der Waals surface area contributed by atoms with E-state index in [-0.39, 0.29) is 6.79 Å². The van der Waals surface area contributed by atoms with Gasteiger partial charge in [0.25, 0.3) is 0 Å². The van der Waals surface area contributed by atoms with Crippen LogP contribution in [0.15, 0.2) is 36.4 Å². The summed E-state index contributed by atoms with van der Waals surface area (Å²) in [5.41, 5.74) is 1.70. The van der Waals surface area contributed by atoms with E-state index in [0.717, 1.165) is 5.56 Å². The molecule has 1 aliphatic rings. The lowest BCUT2D eigenvalue weighted by atomic mass is 10.0. The highest BCUT2D eigenvalue weighted by Crippen LogP contribution is 2.41. The minimum absolute atomic E-state index is 0.159. The Morgan fingerprint density at radius 1 is 1.10 bits per heavy atom. The van der Waals surface area contributed by atoms with Crippen LogP contribution in [0.2, 0.25) is 10.0 Å². The number of fused-ring (bicyclic) bond motifs is 1. The molecule has 0 aliphatic carbocycles. The molecule has 0 amide bonds. The van der Waals surface area contributed by atoms with Crippen LogP contribution in [0, 0.1) is 0 Å². The Morgan fingerprint density at radius 2 is 1.85 bits per heavy atom. The summed E-state index contributed by atoms with van der Waals surface area (Å²) in [4.78, 5) is 0. The first-order valence-electron chi connectivity index (χ1n) is 6.15. The fourth-order valence-electron chi connectivity index (χ4n) is 2.14. The lowest BCUT2D eigenvalue weighted by Crippen LogP contribution is -2.02. The Balaban J connectivity index is 1.82. The molecule has 20 heavy (non-hydrogen) atoms. The fraction of sp³-hybridized carbons (Fsp3) is 0.200. The summed E-state index contributed by atoms with van der Waals surface area (Å²) in [5.74, 6) is 1.11. The van der Waals surface area contributed by atoms with Crippen molar-refractivity contribution in [2.75, 3.05) is 6.79 Å². The quantitative estimate of drug-likeness (QED) is 0.931. The molecule has 2 aromatic rings. The predicted molar refractivity (Wildman–Crippen MR) is 77.7 cm³/mol. The van der Waals surface area contributed by atoms with Crippen molar-refractivity contribution in [3.05, 3.63) is 57.6 Å². The van der Waals surface area contributed by atoms with Gasteiger partial charge in [0.1, 0.15) is 0 Å². The number of hydrogen-bond acceptors (Lipinski definition) is 3. The lowest BCUT2D eigenvalue weighted by molar-refractivity contribution is 0.171. The van der Waals surface area contributed by atoms with E-state index in [1.54, 1.807) is 24.3 Å². The van der Waals surface area contributed by atoms with Crippen LogP contribution in [0.25, 0.3) is 0 Å². The number of halogens is 2. The molecule has 5 heteroatoms. The summed E-state index contributed by atoms with van der Waals surface area (Å²) in [6, 6.07) is 10.8. The molecule has 3 nitrogen and oxygen atoms in total. The van der Waals surface area contributed by atoms with E-state index in [1.165, 1.54) is 0 Å². The zero-order valence-electron chi connectivity index (χ0n) is 10.5. The number of aliphatic hydroxyl groups is 1. The first-order valence-corrected chi connectivity index (χ1v) is 6.90. The van der Waals surface area contributed by atoms with Gasteiger partial charge in [0.15, 0.2) is 11.5 Å². The van der Waals surface area contributed by atoms with E-state index < -0.39 is 6.10 Å². The Hall–Kier alpha value is -1.42. The molecule has 0 fully saturated rings. The van der Waals surface area contributed by atoms with Gasteiger partial charge >= 0.3 is 0 Å². The van der Waals surface area contributed by atoms with Crippen LogP contribution in [0.1, 0.15) is 17.2 Å². The third-order valence-corrected chi connectivity index (χ3v) is 3.71. The lowest BCUT2D eigenvalue weighted by Gasteiger charge is -2.12. The van der Waals surface area contributed by atoms with E-state index >= 15 is 0 Å². The number of benzene rings is 2. The summed E-state index contributed by atoms with van der Waals surface area (Å²) < 4.78 is 10.5. The molecular weight excluding hydrogens is 299 g/mol. The van der Waals surface area contributed by atoms with E-state index in [0.29, 0.717) is 33.5 Å². The van der Waals surface area contributed by atoms with E-state index in [9.17, 15) is 5.11 Å².